The highest BCUT2D eigenvalue weighted by atomic mass is 16.4. The number of carboxylic acid groups (broad SMARTS) is 1. The third-order valence-corrected chi connectivity index (χ3v) is 2.96. The summed E-state index contributed by atoms with van der Waals surface area (Å²) < 4.78 is 0. The van der Waals surface area contributed by atoms with Crippen LogP contribution in [0.1, 0.15) is 26.0 Å². The highest BCUT2D eigenvalue weighted by Crippen LogP contribution is 2.22. The average molecular weight is 268 g/mol. The third kappa shape index (κ3) is 3.90. The van der Waals surface area contributed by atoms with Crippen molar-refractivity contribution < 1.29 is 20.1 Å². The topological polar surface area (TPSA) is 117 Å². The predicted octanol–water partition coefficient (Wildman–Crippen LogP) is 0.519. The van der Waals surface area contributed by atoms with Gasteiger partial charge in [-0.25, -0.2) is 4.79 Å². The van der Waals surface area contributed by atoms with Crippen LogP contribution in [0.2, 0.25) is 0 Å². The molecule has 5 N–H and O–H groups in total. The van der Waals surface area contributed by atoms with Gasteiger partial charge in [-0.15, -0.1) is 0 Å². The number of aliphatic hydroxyl groups is 1. The molecular weight excluding hydrogens is 248 g/mol. The second kappa shape index (κ2) is 5.99. The number of aliphatic carboxylic acids is 1. The zero-order valence-corrected chi connectivity index (χ0v) is 11.1. The Morgan fingerprint density at radius 2 is 2.16 bits per heavy atom. The Labute approximate surface area is 111 Å². The fourth-order valence-electron chi connectivity index (χ4n) is 1.91. The van der Waals surface area contributed by atoms with Crippen LogP contribution in [-0.2, 0) is 11.2 Å². The average Bonchev–Trinajstić information content (AvgIpc) is 2.27. The Morgan fingerprint density at radius 1 is 1.53 bits per heavy atom. The number of aromatic hydroxyl groups is 1. The normalized spacial score (nSPS) is 16.1. The minimum Gasteiger partial charge on any atom is -0.508 e. The molecule has 0 aliphatic rings. The number of carbonyl (C=O) groups is 1. The number of pyridine rings is 1. The number of rotatable bonds is 6. The van der Waals surface area contributed by atoms with Gasteiger partial charge in [0.05, 0.1) is 0 Å². The van der Waals surface area contributed by atoms with Crippen LogP contribution in [0.4, 0.5) is 0 Å². The van der Waals surface area contributed by atoms with E-state index in [1.54, 1.807) is 0 Å². The van der Waals surface area contributed by atoms with Crippen molar-refractivity contribution in [3.05, 3.63) is 24.0 Å². The lowest BCUT2D eigenvalue weighted by atomic mass is 9.84. The van der Waals surface area contributed by atoms with Crippen molar-refractivity contribution in [2.45, 2.75) is 38.3 Å². The summed E-state index contributed by atoms with van der Waals surface area (Å²) >= 11 is 0. The summed E-state index contributed by atoms with van der Waals surface area (Å²) in [7, 11) is 0. The Bertz CT molecular complexity index is 450. The first-order valence-corrected chi connectivity index (χ1v) is 6.11. The molecule has 0 radical (unpaired) electrons. The molecule has 0 saturated heterocycles. The van der Waals surface area contributed by atoms with Crippen LogP contribution in [0, 0.1) is 5.92 Å². The second-order valence-corrected chi connectivity index (χ2v) is 5.15. The number of carboxylic acids is 1. The molecule has 0 fully saturated rings. The highest BCUT2D eigenvalue weighted by Gasteiger charge is 2.43. The van der Waals surface area contributed by atoms with Gasteiger partial charge in [0.25, 0.3) is 0 Å². The van der Waals surface area contributed by atoms with Crippen LogP contribution in [0.5, 0.6) is 5.75 Å². The Hall–Kier alpha value is -1.66. The first-order chi connectivity index (χ1) is 8.75. The molecule has 2 atom stereocenters. The number of hydrogen-bond donors (Lipinski definition) is 4. The molecule has 0 amide bonds. The largest absolute Gasteiger partial charge is 0.508 e. The van der Waals surface area contributed by atoms with Crippen molar-refractivity contribution in [2.75, 3.05) is 0 Å². The number of aromatic nitrogens is 1. The van der Waals surface area contributed by atoms with Crippen molar-refractivity contribution in [2.24, 2.45) is 11.7 Å². The minimum atomic E-state index is -2.09. The summed E-state index contributed by atoms with van der Waals surface area (Å²) in [6.45, 7) is 3.80. The summed E-state index contributed by atoms with van der Waals surface area (Å²) in [6.07, 6.45) is 1.48. The van der Waals surface area contributed by atoms with Crippen LogP contribution in [-0.4, -0.2) is 37.9 Å². The summed E-state index contributed by atoms with van der Waals surface area (Å²) in [6, 6.07) is 1.78. The van der Waals surface area contributed by atoms with Gasteiger partial charge in [-0.3, -0.25) is 4.98 Å². The Morgan fingerprint density at radius 3 is 2.63 bits per heavy atom. The summed E-state index contributed by atoms with van der Waals surface area (Å²) in [5.74, 6) is -1.25. The molecule has 0 aromatic carbocycles. The van der Waals surface area contributed by atoms with Gasteiger partial charge in [-0.2, -0.15) is 0 Å². The summed E-state index contributed by atoms with van der Waals surface area (Å²) in [4.78, 5) is 15.2. The molecule has 19 heavy (non-hydrogen) atoms. The van der Waals surface area contributed by atoms with E-state index in [9.17, 15) is 20.1 Å². The molecule has 6 nitrogen and oxygen atoms in total. The molecular formula is C13H20N2O4. The van der Waals surface area contributed by atoms with Gasteiger partial charge in [0.15, 0.2) is 5.60 Å². The molecule has 6 heteroatoms. The minimum absolute atomic E-state index is 0.0323. The molecule has 1 aromatic heterocycles. The van der Waals surface area contributed by atoms with Gasteiger partial charge in [0.1, 0.15) is 5.75 Å². The zero-order chi connectivity index (χ0) is 14.6. The predicted molar refractivity (Wildman–Crippen MR) is 69.6 cm³/mol. The van der Waals surface area contributed by atoms with E-state index in [0.29, 0.717) is 6.42 Å². The number of nitrogens with zero attached hydrogens (tertiary/aromatic N) is 1. The molecule has 1 rings (SSSR count). The number of nitrogens with two attached hydrogens (primary N) is 1. The smallest absolute Gasteiger partial charge is 0.337 e. The van der Waals surface area contributed by atoms with E-state index >= 15 is 0 Å². The molecule has 0 aliphatic carbocycles. The fourth-order valence-corrected chi connectivity index (χ4v) is 1.91. The van der Waals surface area contributed by atoms with E-state index in [1.807, 2.05) is 13.8 Å². The molecule has 1 unspecified atom stereocenters. The van der Waals surface area contributed by atoms with Gasteiger partial charge >= 0.3 is 5.97 Å². The molecule has 0 spiro atoms. The van der Waals surface area contributed by atoms with Crippen LogP contribution >= 0.6 is 0 Å². The highest BCUT2D eigenvalue weighted by molar-refractivity contribution is 5.78. The monoisotopic (exact) mass is 268 g/mol. The third-order valence-electron chi connectivity index (χ3n) is 2.96. The molecule has 106 valence electrons. The van der Waals surface area contributed by atoms with E-state index in [2.05, 4.69) is 4.98 Å². The fraction of sp³-hybridized carbons (Fsp3) is 0.538. The van der Waals surface area contributed by atoms with Gasteiger partial charge in [-0.1, -0.05) is 13.8 Å². The van der Waals surface area contributed by atoms with Crippen molar-refractivity contribution >= 4 is 5.97 Å². The maximum atomic E-state index is 11.3. The molecule has 0 aliphatic heterocycles. The van der Waals surface area contributed by atoms with Crippen LogP contribution in [0.3, 0.4) is 0 Å². The summed E-state index contributed by atoms with van der Waals surface area (Å²) in [5, 5.41) is 28.9. The van der Waals surface area contributed by atoms with Gasteiger partial charge in [0.2, 0.25) is 0 Å². The quantitative estimate of drug-likeness (QED) is 0.597. The summed E-state index contributed by atoms with van der Waals surface area (Å²) in [5.41, 5.74) is 4.01. The maximum absolute atomic E-state index is 11.3. The van der Waals surface area contributed by atoms with Gasteiger partial charge < -0.3 is 21.1 Å². The van der Waals surface area contributed by atoms with Crippen LogP contribution in [0.15, 0.2) is 18.3 Å². The molecule has 1 heterocycles. The molecule has 0 bridgehead atoms. The van der Waals surface area contributed by atoms with Crippen LogP contribution < -0.4 is 5.73 Å². The number of hydrogen-bond acceptors (Lipinski definition) is 5. The zero-order valence-electron chi connectivity index (χ0n) is 11.1. The van der Waals surface area contributed by atoms with Gasteiger partial charge in [-0.05, 0) is 18.4 Å². The first-order valence-electron chi connectivity index (χ1n) is 6.11. The lowest BCUT2D eigenvalue weighted by Crippen LogP contribution is -2.56. The molecule has 0 saturated carbocycles. The van der Waals surface area contributed by atoms with Crippen LogP contribution in [0.25, 0.3) is 0 Å². The Kier molecular flexibility index (Phi) is 4.85. The van der Waals surface area contributed by atoms with E-state index < -0.39 is 17.6 Å². The van der Waals surface area contributed by atoms with E-state index in [1.165, 1.54) is 18.3 Å². The van der Waals surface area contributed by atoms with Gasteiger partial charge in [0, 0.05) is 30.4 Å². The molecule has 1 aromatic rings. The lowest BCUT2D eigenvalue weighted by Gasteiger charge is -2.30. The Balaban J connectivity index is 2.97. The van der Waals surface area contributed by atoms with E-state index in [-0.39, 0.29) is 23.8 Å². The van der Waals surface area contributed by atoms with Crippen molar-refractivity contribution in [3.8, 4) is 5.75 Å². The van der Waals surface area contributed by atoms with E-state index in [0.717, 1.165) is 0 Å². The first kappa shape index (κ1) is 15.4. The van der Waals surface area contributed by atoms with Crippen molar-refractivity contribution in [3.63, 3.8) is 0 Å². The van der Waals surface area contributed by atoms with Crippen molar-refractivity contribution in [1.29, 1.82) is 0 Å². The van der Waals surface area contributed by atoms with E-state index in [4.69, 9.17) is 5.73 Å². The SMILES string of the molecule is CC(C)CC(N)[C@](O)(Cc1cc(O)ccn1)C(=O)O. The maximum Gasteiger partial charge on any atom is 0.337 e. The lowest BCUT2D eigenvalue weighted by molar-refractivity contribution is -0.161. The van der Waals surface area contributed by atoms with Crippen molar-refractivity contribution in [1.82, 2.24) is 4.98 Å². The standard InChI is InChI=1S/C13H20N2O4/c1-8(2)5-11(14)13(19,12(17)18)7-9-6-10(16)3-4-15-9/h3-4,6,8,11,19H,5,7,14H2,1-2H3,(H,15,16)(H,17,18)/t11?,13-/m1/s1. The second-order valence-electron chi connectivity index (χ2n) is 5.15.